The van der Waals surface area contributed by atoms with Crippen molar-refractivity contribution in [3.63, 3.8) is 0 Å². The Labute approximate surface area is 143 Å². The summed E-state index contributed by atoms with van der Waals surface area (Å²) in [6.07, 6.45) is 0. The number of hydrogen-bond donors (Lipinski definition) is 2. The first kappa shape index (κ1) is 18.7. The zero-order chi connectivity index (χ0) is 17.5. The molecular weight excluding hydrogens is 309 g/mol. The third kappa shape index (κ3) is 5.46. The van der Waals surface area contributed by atoms with Crippen LogP contribution in [0, 0.1) is 18.7 Å². The van der Waals surface area contributed by atoms with Crippen LogP contribution in [0.25, 0.3) is 0 Å². The van der Waals surface area contributed by atoms with Gasteiger partial charge in [-0.05, 0) is 30.0 Å². The topological polar surface area (TPSA) is 53.6 Å². The lowest BCUT2D eigenvalue weighted by molar-refractivity contribution is 0.00719. The minimum Gasteiger partial charge on any atom is -0.379 e. The number of amides is 2. The van der Waals surface area contributed by atoms with Crippen molar-refractivity contribution < 1.29 is 13.9 Å². The zero-order valence-corrected chi connectivity index (χ0v) is 14.8. The standard InChI is InChI=1S/C18H28FN3O2/c1-13(2)17(22-6-8-24-9-7-22)12-21-18(23)20-11-15-4-5-16(19)14(3)10-15/h4-5,10,13,17H,6-9,11-12H2,1-3H3,(H2,20,21,23)/t17-/m0/s1. The summed E-state index contributed by atoms with van der Waals surface area (Å²) in [6.45, 7) is 10.3. The summed E-state index contributed by atoms with van der Waals surface area (Å²) >= 11 is 0. The van der Waals surface area contributed by atoms with E-state index in [-0.39, 0.29) is 11.8 Å². The molecule has 1 fully saturated rings. The monoisotopic (exact) mass is 337 g/mol. The Bertz CT molecular complexity index is 545. The minimum atomic E-state index is -0.228. The summed E-state index contributed by atoms with van der Waals surface area (Å²) in [6, 6.07) is 4.97. The lowest BCUT2D eigenvalue weighted by Crippen LogP contribution is -2.52. The lowest BCUT2D eigenvalue weighted by atomic mass is 10.0. The van der Waals surface area contributed by atoms with E-state index < -0.39 is 0 Å². The molecule has 0 spiro atoms. The van der Waals surface area contributed by atoms with Gasteiger partial charge in [0.05, 0.1) is 13.2 Å². The molecule has 0 aliphatic carbocycles. The summed E-state index contributed by atoms with van der Waals surface area (Å²) in [5.74, 6) is 0.219. The van der Waals surface area contributed by atoms with E-state index in [0.717, 1.165) is 31.9 Å². The first-order valence-corrected chi connectivity index (χ1v) is 8.56. The number of aryl methyl sites for hydroxylation is 1. The molecule has 0 saturated carbocycles. The van der Waals surface area contributed by atoms with E-state index in [1.54, 1.807) is 19.1 Å². The van der Waals surface area contributed by atoms with Gasteiger partial charge in [-0.15, -0.1) is 0 Å². The maximum Gasteiger partial charge on any atom is 0.315 e. The van der Waals surface area contributed by atoms with Crippen molar-refractivity contribution in [3.05, 3.63) is 35.1 Å². The summed E-state index contributed by atoms with van der Waals surface area (Å²) in [7, 11) is 0. The molecule has 1 saturated heterocycles. The van der Waals surface area contributed by atoms with Crippen molar-refractivity contribution in [1.82, 2.24) is 15.5 Å². The first-order valence-electron chi connectivity index (χ1n) is 8.56. The van der Waals surface area contributed by atoms with Crippen LogP contribution in [0.2, 0.25) is 0 Å². The maximum absolute atomic E-state index is 13.2. The minimum absolute atomic E-state index is 0.198. The van der Waals surface area contributed by atoms with Crippen molar-refractivity contribution in [1.29, 1.82) is 0 Å². The summed E-state index contributed by atoms with van der Waals surface area (Å²) < 4.78 is 18.6. The number of nitrogens with zero attached hydrogens (tertiary/aromatic N) is 1. The second-order valence-electron chi connectivity index (χ2n) is 6.61. The Morgan fingerprint density at radius 1 is 1.29 bits per heavy atom. The van der Waals surface area contributed by atoms with Crippen LogP contribution in [-0.2, 0) is 11.3 Å². The number of ether oxygens (including phenoxy) is 1. The first-order chi connectivity index (χ1) is 11.5. The van der Waals surface area contributed by atoms with Crippen LogP contribution in [0.15, 0.2) is 18.2 Å². The van der Waals surface area contributed by atoms with E-state index in [1.807, 2.05) is 0 Å². The molecule has 1 atom stereocenters. The van der Waals surface area contributed by atoms with Crippen LogP contribution < -0.4 is 10.6 Å². The quantitative estimate of drug-likeness (QED) is 0.837. The van der Waals surface area contributed by atoms with Crippen LogP contribution in [0.4, 0.5) is 9.18 Å². The van der Waals surface area contributed by atoms with E-state index in [9.17, 15) is 9.18 Å². The maximum atomic E-state index is 13.2. The predicted molar refractivity (Wildman–Crippen MR) is 92.4 cm³/mol. The van der Waals surface area contributed by atoms with Gasteiger partial charge in [0.25, 0.3) is 0 Å². The number of benzene rings is 1. The zero-order valence-electron chi connectivity index (χ0n) is 14.8. The average Bonchev–Trinajstić information content (AvgIpc) is 2.57. The summed E-state index contributed by atoms with van der Waals surface area (Å²) in [4.78, 5) is 14.4. The molecule has 6 heteroatoms. The number of urea groups is 1. The van der Waals surface area contributed by atoms with Gasteiger partial charge in [0, 0.05) is 32.2 Å². The molecule has 1 aliphatic rings. The van der Waals surface area contributed by atoms with Crippen molar-refractivity contribution >= 4 is 6.03 Å². The highest BCUT2D eigenvalue weighted by Crippen LogP contribution is 2.12. The molecule has 1 aliphatic heterocycles. The summed E-state index contributed by atoms with van der Waals surface area (Å²) in [5, 5.41) is 5.78. The third-order valence-corrected chi connectivity index (χ3v) is 4.43. The van der Waals surface area contributed by atoms with Crippen LogP contribution in [-0.4, -0.2) is 49.8 Å². The largest absolute Gasteiger partial charge is 0.379 e. The number of morpholine rings is 1. The predicted octanol–water partition coefficient (Wildman–Crippen LogP) is 2.29. The van der Waals surface area contributed by atoms with Gasteiger partial charge in [-0.2, -0.15) is 0 Å². The fourth-order valence-electron chi connectivity index (χ4n) is 2.95. The van der Waals surface area contributed by atoms with E-state index in [0.29, 0.717) is 30.6 Å². The van der Waals surface area contributed by atoms with Crippen LogP contribution in [0.1, 0.15) is 25.0 Å². The highest BCUT2D eigenvalue weighted by atomic mass is 19.1. The SMILES string of the molecule is Cc1cc(CNC(=O)NC[C@@H](C(C)C)N2CCOCC2)ccc1F. The van der Waals surface area contributed by atoms with Gasteiger partial charge in [0.1, 0.15) is 5.82 Å². The van der Waals surface area contributed by atoms with Gasteiger partial charge in [-0.3, -0.25) is 4.90 Å². The number of hydrogen-bond acceptors (Lipinski definition) is 3. The van der Waals surface area contributed by atoms with Crippen molar-refractivity contribution in [2.75, 3.05) is 32.8 Å². The van der Waals surface area contributed by atoms with Crippen LogP contribution in [0.3, 0.4) is 0 Å². The molecule has 0 radical (unpaired) electrons. The van der Waals surface area contributed by atoms with Gasteiger partial charge < -0.3 is 15.4 Å². The Kier molecular flexibility index (Phi) is 6.99. The Balaban J connectivity index is 1.79. The number of rotatable bonds is 6. The Morgan fingerprint density at radius 3 is 2.62 bits per heavy atom. The van der Waals surface area contributed by atoms with Crippen LogP contribution in [0.5, 0.6) is 0 Å². The number of halogens is 1. The molecule has 1 aromatic rings. The molecule has 5 nitrogen and oxygen atoms in total. The third-order valence-electron chi connectivity index (χ3n) is 4.43. The number of carbonyl (C=O) groups excluding carboxylic acids is 1. The Morgan fingerprint density at radius 2 is 2.00 bits per heavy atom. The average molecular weight is 337 g/mol. The molecule has 0 unspecified atom stereocenters. The molecule has 0 bridgehead atoms. The normalized spacial score (nSPS) is 16.9. The van der Waals surface area contributed by atoms with Gasteiger partial charge >= 0.3 is 6.03 Å². The highest BCUT2D eigenvalue weighted by Gasteiger charge is 2.24. The second-order valence-corrected chi connectivity index (χ2v) is 6.61. The summed E-state index contributed by atoms with van der Waals surface area (Å²) in [5.41, 5.74) is 1.47. The van der Waals surface area contributed by atoms with Gasteiger partial charge in [-0.25, -0.2) is 9.18 Å². The van der Waals surface area contributed by atoms with Gasteiger partial charge in [0.2, 0.25) is 0 Å². The van der Waals surface area contributed by atoms with Crippen molar-refractivity contribution in [2.24, 2.45) is 5.92 Å². The van der Waals surface area contributed by atoms with Gasteiger partial charge in [-0.1, -0.05) is 26.0 Å². The molecule has 2 rings (SSSR count). The van der Waals surface area contributed by atoms with E-state index >= 15 is 0 Å². The molecule has 2 amide bonds. The van der Waals surface area contributed by atoms with Crippen LogP contribution >= 0.6 is 0 Å². The fraction of sp³-hybridized carbons (Fsp3) is 0.611. The molecule has 24 heavy (non-hydrogen) atoms. The highest BCUT2D eigenvalue weighted by molar-refractivity contribution is 5.73. The smallest absolute Gasteiger partial charge is 0.315 e. The lowest BCUT2D eigenvalue weighted by Gasteiger charge is -2.36. The molecule has 134 valence electrons. The molecule has 1 heterocycles. The number of nitrogens with one attached hydrogen (secondary N) is 2. The van der Waals surface area contributed by atoms with Crippen molar-refractivity contribution in [2.45, 2.75) is 33.4 Å². The van der Waals surface area contributed by atoms with E-state index in [1.165, 1.54) is 6.07 Å². The molecule has 2 N–H and O–H groups in total. The fourth-order valence-corrected chi connectivity index (χ4v) is 2.95. The van der Waals surface area contributed by atoms with Gasteiger partial charge in [0.15, 0.2) is 0 Å². The Hall–Kier alpha value is -1.66. The molecular formula is C18H28FN3O2. The van der Waals surface area contributed by atoms with E-state index in [2.05, 4.69) is 29.4 Å². The molecule has 0 aromatic heterocycles. The second kappa shape index (κ2) is 8.99. The number of carbonyl (C=O) groups is 1. The van der Waals surface area contributed by atoms with E-state index in [4.69, 9.17) is 4.74 Å². The van der Waals surface area contributed by atoms with Crippen molar-refractivity contribution in [3.8, 4) is 0 Å². The molecule has 1 aromatic carbocycles.